The fourth-order valence-electron chi connectivity index (χ4n) is 1.25. The van der Waals surface area contributed by atoms with Crippen LogP contribution in [0.1, 0.15) is 12.5 Å². The third kappa shape index (κ3) is 4.22. The van der Waals surface area contributed by atoms with Crippen molar-refractivity contribution in [1.29, 1.82) is 0 Å². The molecule has 1 atom stereocenters. The topological polar surface area (TPSA) is 21.3 Å². The minimum atomic E-state index is 0.388. The predicted molar refractivity (Wildman–Crippen MR) is 62.3 cm³/mol. The summed E-state index contributed by atoms with van der Waals surface area (Å²) in [5.74, 6) is 0. The monoisotopic (exact) mass is 257 g/mol. The van der Waals surface area contributed by atoms with Crippen molar-refractivity contribution in [2.45, 2.75) is 19.5 Å². The molecular formula is C11H16BrNO. The molecule has 78 valence electrons. The van der Waals surface area contributed by atoms with Gasteiger partial charge in [-0.1, -0.05) is 28.1 Å². The van der Waals surface area contributed by atoms with Crippen LogP contribution in [-0.2, 0) is 11.3 Å². The van der Waals surface area contributed by atoms with Crippen molar-refractivity contribution in [1.82, 2.24) is 5.32 Å². The van der Waals surface area contributed by atoms with Crippen LogP contribution in [0.15, 0.2) is 28.7 Å². The first-order chi connectivity index (χ1) is 6.72. The Balaban J connectivity index is 2.37. The molecule has 0 aliphatic carbocycles. The van der Waals surface area contributed by atoms with Crippen LogP contribution in [0.4, 0.5) is 0 Å². The van der Waals surface area contributed by atoms with Gasteiger partial charge in [0.25, 0.3) is 0 Å². The van der Waals surface area contributed by atoms with Crippen molar-refractivity contribution in [3.05, 3.63) is 34.3 Å². The smallest absolute Gasteiger partial charge is 0.0613 e. The van der Waals surface area contributed by atoms with Crippen LogP contribution in [0.3, 0.4) is 0 Å². The zero-order chi connectivity index (χ0) is 10.4. The first-order valence-corrected chi connectivity index (χ1v) is 5.48. The molecule has 1 unspecified atom stereocenters. The van der Waals surface area contributed by atoms with Gasteiger partial charge in [0.1, 0.15) is 0 Å². The van der Waals surface area contributed by atoms with Crippen LogP contribution in [0, 0.1) is 0 Å². The number of nitrogens with one attached hydrogen (secondary N) is 1. The highest BCUT2D eigenvalue weighted by Gasteiger charge is 2.00. The third-order valence-electron chi connectivity index (χ3n) is 1.96. The van der Waals surface area contributed by atoms with E-state index in [1.165, 1.54) is 5.56 Å². The van der Waals surface area contributed by atoms with E-state index in [1.54, 1.807) is 7.11 Å². The summed E-state index contributed by atoms with van der Waals surface area (Å²) in [6, 6.07) is 8.69. The van der Waals surface area contributed by atoms with Crippen molar-refractivity contribution in [2.75, 3.05) is 13.7 Å². The number of rotatable bonds is 5. The van der Waals surface area contributed by atoms with Gasteiger partial charge in [-0.3, -0.25) is 0 Å². The Morgan fingerprint density at radius 2 is 2.29 bits per heavy atom. The molecule has 0 saturated carbocycles. The van der Waals surface area contributed by atoms with Crippen LogP contribution in [-0.4, -0.2) is 19.8 Å². The lowest BCUT2D eigenvalue weighted by Crippen LogP contribution is -2.29. The Bertz CT molecular complexity index is 278. The quantitative estimate of drug-likeness (QED) is 0.876. The van der Waals surface area contributed by atoms with Crippen molar-refractivity contribution in [3.63, 3.8) is 0 Å². The summed E-state index contributed by atoms with van der Waals surface area (Å²) in [6.45, 7) is 3.74. The SMILES string of the molecule is COCC(C)NCc1cccc(Br)c1. The molecule has 0 bridgehead atoms. The Morgan fingerprint density at radius 3 is 2.93 bits per heavy atom. The van der Waals surface area contributed by atoms with E-state index < -0.39 is 0 Å². The maximum atomic E-state index is 5.04. The van der Waals surface area contributed by atoms with Gasteiger partial charge < -0.3 is 10.1 Å². The van der Waals surface area contributed by atoms with Gasteiger partial charge in [-0.15, -0.1) is 0 Å². The van der Waals surface area contributed by atoms with E-state index in [0.29, 0.717) is 6.04 Å². The molecule has 0 aliphatic rings. The molecule has 0 spiro atoms. The molecule has 0 aliphatic heterocycles. The molecule has 1 N–H and O–H groups in total. The van der Waals surface area contributed by atoms with Crippen molar-refractivity contribution < 1.29 is 4.74 Å². The molecule has 2 nitrogen and oxygen atoms in total. The number of hydrogen-bond donors (Lipinski definition) is 1. The fourth-order valence-corrected chi connectivity index (χ4v) is 1.69. The van der Waals surface area contributed by atoms with E-state index >= 15 is 0 Å². The highest BCUT2D eigenvalue weighted by atomic mass is 79.9. The number of ether oxygens (including phenoxy) is 1. The summed E-state index contributed by atoms with van der Waals surface area (Å²) in [5.41, 5.74) is 1.28. The summed E-state index contributed by atoms with van der Waals surface area (Å²) >= 11 is 3.45. The number of hydrogen-bond acceptors (Lipinski definition) is 2. The molecule has 1 aromatic rings. The van der Waals surface area contributed by atoms with Gasteiger partial charge in [-0.05, 0) is 24.6 Å². The second-order valence-electron chi connectivity index (χ2n) is 3.37. The maximum absolute atomic E-state index is 5.04. The number of halogens is 1. The zero-order valence-electron chi connectivity index (χ0n) is 8.59. The van der Waals surface area contributed by atoms with Gasteiger partial charge in [0.15, 0.2) is 0 Å². The summed E-state index contributed by atoms with van der Waals surface area (Å²) in [5, 5.41) is 3.38. The lowest BCUT2D eigenvalue weighted by molar-refractivity contribution is 0.171. The van der Waals surface area contributed by atoms with Crippen LogP contribution in [0.5, 0.6) is 0 Å². The van der Waals surface area contributed by atoms with E-state index in [1.807, 2.05) is 12.1 Å². The van der Waals surface area contributed by atoms with Gasteiger partial charge in [0.05, 0.1) is 6.61 Å². The van der Waals surface area contributed by atoms with Gasteiger partial charge >= 0.3 is 0 Å². The average molecular weight is 258 g/mol. The maximum Gasteiger partial charge on any atom is 0.0613 e. The van der Waals surface area contributed by atoms with E-state index in [4.69, 9.17) is 4.74 Å². The van der Waals surface area contributed by atoms with E-state index in [2.05, 4.69) is 40.3 Å². The molecule has 0 aromatic heterocycles. The number of benzene rings is 1. The second-order valence-corrected chi connectivity index (χ2v) is 4.28. The molecule has 0 amide bonds. The second kappa shape index (κ2) is 6.17. The largest absolute Gasteiger partial charge is 0.383 e. The summed E-state index contributed by atoms with van der Waals surface area (Å²) in [4.78, 5) is 0. The van der Waals surface area contributed by atoms with E-state index in [0.717, 1.165) is 17.6 Å². The lowest BCUT2D eigenvalue weighted by Gasteiger charge is -2.12. The highest BCUT2D eigenvalue weighted by Crippen LogP contribution is 2.11. The van der Waals surface area contributed by atoms with E-state index in [9.17, 15) is 0 Å². The molecule has 3 heteroatoms. The van der Waals surface area contributed by atoms with Gasteiger partial charge in [0, 0.05) is 24.2 Å². The molecule has 1 rings (SSSR count). The standard InChI is InChI=1S/C11H16BrNO/c1-9(8-14-2)13-7-10-4-3-5-11(12)6-10/h3-6,9,13H,7-8H2,1-2H3. The van der Waals surface area contributed by atoms with Gasteiger partial charge in [-0.2, -0.15) is 0 Å². The highest BCUT2D eigenvalue weighted by molar-refractivity contribution is 9.10. The molecule has 0 fully saturated rings. The van der Waals surface area contributed by atoms with Crippen LogP contribution >= 0.6 is 15.9 Å². The molecule has 1 aromatic carbocycles. The van der Waals surface area contributed by atoms with Gasteiger partial charge in [0.2, 0.25) is 0 Å². The molecule has 14 heavy (non-hydrogen) atoms. The van der Waals surface area contributed by atoms with Crippen molar-refractivity contribution in [2.24, 2.45) is 0 Å². The fraction of sp³-hybridized carbons (Fsp3) is 0.455. The first-order valence-electron chi connectivity index (χ1n) is 4.69. The van der Waals surface area contributed by atoms with E-state index in [-0.39, 0.29) is 0 Å². The lowest BCUT2D eigenvalue weighted by atomic mass is 10.2. The Hall–Kier alpha value is -0.380. The molecule has 0 heterocycles. The Labute approximate surface area is 93.8 Å². The molecule has 0 radical (unpaired) electrons. The molecular weight excluding hydrogens is 242 g/mol. The average Bonchev–Trinajstić information content (AvgIpc) is 2.15. The minimum absolute atomic E-state index is 0.388. The zero-order valence-corrected chi connectivity index (χ0v) is 10.2. The summed E-state index contributed by atoms with van der Waals surface area (Å²) in [6.07, 6.45) is 0. The van der Waals surface area contributed by atoms with Gasteiger partial charge in [-0.25, -0.2) is 0 Å². The Morgan fingerprint density at radius 1 is 1.50 bits per heavy atom. The Kier molecular flexibility index (Phi) is 5.15. The predicted octanol–water partition coefficient (Wildman–Crippen LogP) is 2.57. The van der Waals surface area contributed by atoms with Crippen molar-refractivity contribution >= 4 is 15.9 Å². The normalized spacial score (nSPS) is 12.8. The minimum Gasteiger partial charge on any atom is -0.383 e. The van der Waals surface area contributed by atoms with Crippen LogP contribution in [0.25, 0.3) is 0 Å². The first kappa shape index (κ1) is 11.7. The summed E-state index contributed by atoms with van der Waals surface area (Å²) in [7, 11) is 1.72. The third-order valence-corrected chi connectivity index (χ3v) is 2.45. The number of methoxy groups -OCH3 is 1. The molecule has 0 saturated heterocycles. The van der Waals surface area contributed by atoms with Crippen LogP contribution < -0.4 is 5.32 Å². The summed E-state index contributed by atoms with van der Waals surface area (Å²) < 4.78 is 6.17. The van der Waals surface area contributed by atoms with Crippen LogP contribution in [0.2, 0.25) is 0 Å². The van der Waals surface area contributed by atoms with Crippen molar-refractivity contribution in [3.8, 4) is 0 Å².